The molecule has 0 saturated carbocycles. The maximum Gasteiger partial charge on any atom is 0.271 e. The van der Waals surface area contributed by atoms with Crippen molar-refractivity contribution in [1.29, 1.82) is 0 Å². The Morgan fingerprint density at radius 3 is 2.65 bits per heavy atom. The smallest absolute Gasteiger partial charge is 0.271 e. The first-order chi connectivity index (χ1) is 12.5. The Morgan fingerprint density at radius 1 is 1.27 bits per heavy atom. The van der Waals surface area contributed by atoms with Gasteiger partial charge in [0.25, 0.3) is 5.69 Å². The number of amides is 1. The Hall–Kier alpha value is -2.49. The van der Waals surface area contributed by atoms with E-state index in [-0.39, 0.29) is 16.6 Å². The molecule has 3 rings (SSSR count). The number of benzene rings is 2. The van der Waals surface area contributed by atoms with Crippen LogP contribution in [-0.2, 0) is 4.79 Å². The predicted molar refractivity (Wildman–Crippen MR) is 102 cm³/mol. The number of nitro benzene ring substituents is 1. The van der Waals surface area contributed by atoms with Gasteiger partial charge in [0, 0.05) is 12.1 Å². The molecule has 3 aromatic rings. The Labute approximate surface area is 161 Å². The molecular weight excluding hydrogens is 396 g/mol. The van der Waals surface area contributed by atoms with E-state index in [1.165, 1.54) is 41.3 Å². The summed E-state index contributed by atoms with van der Waals surface area (Å²) in [5.74, 6) is -0.313. The Balaban J connectivity index is 1.85. The largest absolute Gasteiger partial charge is 0.323 e. The van der Waals surface area contributed by atoms with Crippen LogP contribution in [0.5, 0.6) is 0 Å². The van der Waals surface area contributed by atoms with Gasteiger partial charge in [-0.05, 0) is 11.6 Å². The number of nitrogens with one attached hydrogen (secondary N) is 1. The first kappa shape index (κ1) is 18.3. The van der Waals surface area contributed by atoms with Crippen molar-refractivity contribution < 1.29 is 9.72 Å². The average molecular weight is 407 g/mol. The van der Waals surface area contributed by atoms with E-state index in [9.17, 15) is 14.9 Å². The van der Waals surface area contributed by atoms with Crippen molar-refractivity contribution in [3.63, 3.8) is 0 Å². The molecule has 1 N–H and O–H groups in total. The fraction of sp³-hybridized carbons (Fsp3) is 0.0625. The number of carbonyl (C=O) groups excluding carboxylic acids is 1. The molecule has 0 spiro atoms. The lowest BCUT2D eigenvalue weighted by molar-refractivity contribution is -0.384. The molecule has 0 saturated heterocycles. The van der Waals surface area contributed by atoms with Crippen molar-refractivity contribution in [1.82, 2.24) is 10.2 Å². The summed E-state index contributed by atoms with van der Waals surface area (Å²) in [5, 5.41) is 20.8. The number of anilines is 1. The van der Waals surface area contributed by atoms with E-state index in [1.54, 1.807) is 5.51 Å². The first-order valence-corrected chi connectivity index (χ1v) is 9.41. The molecule has 132 valence electrons. The standard InChI is InChI=1S/C16H11ClN4O3S2/c17-12-8-11(21(23)24)6-7-13(12)19-15(22)14(10-4-2-1-3-5-10)26-16-20-18-9-25-16/h1-9,14H,(H,19,22)/t14-/m0/s1. The van der Waals surface area contributed by atoms with Gasteiger partial charge in [-0.1, -0.05) is 65.0 Å². The summed E-state index contributed by atoms with van der Waals surface area (Å²) in [5.41, 5.74) is 2.55. The van der Waals surface area contributed by atoms with Gasteiger partial charge < -0.3 is 5.32 Å². The van der Waals surface area contributed by atoms with Crippen LogP contribution in [0.2, 0.25) is 5.02 Å². The second kappa shape index (κ2) is 8.26. The number of hydrogen-bond acceptors (Lipinski definition) is 7. The zero-order chi connectivity index (χ0) is 18.5. The molecule has 1 aromatic heterocycles. The molecule has 0 fully saturated rings. The lowest BCUT2D eigenvalue weighted by atomic mass is 10.1. The van der Waals surface area contributed by atoms with E-state index < -0.39 is 10.2 Å². The highest BCUT2D eigenvalue weighted by Gasteiger charge is 2.24. The number of non-ortho nitro benzene ring substituents is 1. The molecule has 0 aliphatic carbocycles. The predicted octanol–water partition coefficient (Wildman–Crippen LogP) is 4.57. The van der Waals surface area contributed by atoms with Crippen LogP contribution in [0.1, 0.15) is 10.8 Å². The highest BCUT2D eigenvalue weighted by molar-refractivity contribution is 8.01. The van der Waals surface area contributed by atoms with E-state index in [2.05, 4.69) is 15.5 Å². The lowest BCUT2D eigenvalue weighted by Gasteiger charge is -2.16. The van der Waals surface area contributed by atoms with E-state index in [1.807, 2.05) is 30.3 Å². The minimum Gasteiger partial charge on any atom is -0.323 e. The molecule has 0 bridgehead atoms. The Bertz CT molecular complexity index is 923. The Kier molecular flexibility index (Phi) is 5.82. The van der Waals surface area contributed by atoms with Gasteiger partial charge in [0.2, 0.25) is 5.91 Å². The number of carbonyl (C=O) groups is 1. The number of aromatic nitrogens is 2. The lowest BCUT2D eigenvalue weighted by Crippen LogP contribution is -2.19. The van der Waals surface area contributed by atoms with Crippen LogP contribution in [0, 0.1) is 10.1 Å². The average Bonchev–Trinajstić information content (AvgIpc) is 3.15. The third-order valence-corrected chi connectivity index (χ3v) is 5.70. The molecule has 1 amide bonds. The molecule has 0 aliphatic rings. The third kappa shape index (κ3) is 4.37. The van der Waals surface area contributed by atoms with Crippen LogP contribution in [0.3, 0.4) is 0 Å². The number of nitro groups is 1. The second-order valence-electron chi connectivity index (χ2n) is 5.02. The summed E-state index contributed by atoms with van der Waals surface area (Å²) in [7, 11) is 0. The molecule has 26 heavy (non-hydrogen) atoms. The molecule has 0 unspecified atom stereocenters. The van der Waals surface area contributed by atoms with Gasteiger partial charge in [0.15, 0.2) is 4.34 Å². The van der Waals surface area contributed by atoms with Gasteiger partial charge in [0.1, 0.15) is 10.8 Å². The molecule has 7 nitrogen and oxygen atoms in total. The van der Waals surface area contributed by atoms with Crippen LogP contribution >= 0.6 is 34.7 Å². The van der Waals surface area contributed by atoms with Crippen LogP contribution in [0.15, 0.2) is 58.4 Å². The SMILES string of the molecule is O=C(Nc1ccc([N+](=O)[O-])cc1Cl)[C@@H](Sc1nncs1)c1ccccc1. The Morgan fingerprint density at radius 2 is 2.04 bits per heavy atom. The molecule has 0 radical (unpaired) electrons. The van der Waals surface area contributed by atoms with Crippen molar-refractivity contribution >= 4 is 52.0 Å². The molecule has 10 heteroatoms. The van der Waals surface area contributed by atoms with E-state index >= 15 is 0 Å². The van der Waals surface area contributed by atoms with E-state index in [4.69, 9.17) is 11.6 Å². The zero-order valence-corrected chi connectivity index (χ0v) is 15.4. The summed E-state index contributed by atoms with van der Waals surface area (Å²) in [6, 6.07) is 13.1. The summed E-state index contributed by atoms with van der Waals surface area (Å²) in [6.07, 6.45) is 0. The zero-order valence-electron chi connectivity index (χ0n) is 13.0. The van der Waals surface area contributed by atoms with Crippen LogP contribution in [-0.4, -0.2) is 21.0 Å². The van der Waals surface area contributed by atoms with Crippen LogP contribution in [0.25, 0.3) is 0 Å². The normalized spacial score (nSPS) is 11.7. The van der Waals surface area contributed by atoms with Crippen molar-refractivity contribution in [3.05, 3.63) is 74.7 Å². The minimum atomic E-state index is -0.574. The van der Waals surface area contributed by atoms with Crippen LogP contribution < -0.4 is 5.32 Å². The van der Waals surface area contributed by atoms with Crippen molar-refractivity contribution in [2.45, 2.75) is 9.59 Å². The number of halogens is 1. The molecule has 2 aromatic carbocycles. The van der Waals surface area contributed by atoms with E-state index in [0.717, 1.165) is 5.56 Å². The minimum absolute atomic E-state index is 0.0975. The summed E-state index contributed by atoms with van der Waals surface area (Å²) in [6.45, 7) is 0. The quantitative estimate of drug-likeness (QED) is 0.365. The maximum absolute atomic E-state index is 12.8. The highest BCUT2D eigenvalue weighted by Crippen LogP contribution is 2.37. The second-order valence-corrected chi connectivity index (χ2v) is 7.62. The fourth-order valence-corrected chi connectivity index (χ4v) is 4.03. The monoisotopic (exact) mass is 406 g/mol. The molecule has 1 heterocycles. The molecule has 0 aliphatic heterocycles. The number of hydrogen-bond donors (Lipinski definition) is 1. The molecular formula is C16H11ClN4O3S2. The first-order valence-electron chi connectivity index (χ1n) is 7.27. The summed E-state index contributed by atoms with van der Waals surface area (Å²) in [4.78, 5) is 23.1. The van der Waals surface area contributed by atoms with Gasteiger partial charge in [-0.3, -0.25) is 14.9 Å². The van der Waals surface area contributed by atoms with E-state index in [0.29, 0.717) is 10.0 Å². The van der Waals surface area contributed by atoms with Gasteiger partial charge in [-0.25, -0.2) is 0 Å². The van der Waals surface area contributed by atoms with Crippen molar-refractivity contribution in [3.8, 4) is 0 Å². The van der Waals surface area contributed by atoms with Crippen molar-refractivity contribution in [2.75, 3.05) is 5.32 Å². The van der Waals surface area contributed by atoms with Crippen LogP contribution in [0.4, 0.5) is 11.4 Å². The fourth-order valence-electron chi connectivity index (χ4n) is 2.13. The topological polar surface area (TPSA) is 98.0 Å². The van der Waals surface area contributed by atoms with Gasteiger partial charge in [0.05, 0.1) is 15.6 Å². The van der Waals surface area contributed by atoms with Gasteiger partial charge >= 0.3 is 0 Å². The molecule has 1 atom stereocenters. The van der Waals surface area contributed by atoms with Gasteiger partial charge in [-0.15, -0.1) is 10.2 Å². The highest BCUT2D eigenvalue weighted by atomic mass is 35.5. The third-order valence-electron chi connectivity index (χ3n) is 3.32. The number of nitrogens with zero attached hydrogens (tertiary/aromatic N) is 3. The maximum atomic E-state index is 12.8. The number of thioether (sulfide) groups is 1. The summed E-state index contributed by atoms with van der Waals surface area (Å²) >= 11 is 8.67. The van der Waals surface area contributed by atoms with Crippen molar-refractivity contribution in [2.24, 2.45) is 0 Å². The summed E-state index contributed by atoms with van der Waals surface area (Å²) < 4.78 is 0.656. The van der Waals surface area contributed by atoms with Gasteiger partial charge in [-0.2, -0.15) is 0 Å². The number of rotatable bonds is 6.